The average Bonchev–Trinajstić information content (AvgIpc) is 2.16. The van der Waals surface area contributed by atoms with Crippen LogP contribution in [0.1, 0.15) is 33.6 Å². The summed E-state index contributed by atoms with van der Waals surface area (Å²) in [6, 6.07) is 0. The molecule has 4 heteroatoms. The van der Waals surface area contributed by atoms with Crippen molar-refractivity contribution >= 4 is 5.78 Å². The molecule has 0 amide bonds. The summed E-state index contributed by atoms with van der Waals surface area (Å²) >= 11 is 0. The first-order valence-corrected chi connectivity index (χ1v) is 4.60. The van der Waals surface area contributed by atoms with Crippen LogP contribution >= 0.6 is 0 Å². The Hall–Kier alpha value is -0.930. The van der Waals surface area contributed by atoms with Crippen molar-refractivity contribution in [3.05, 3.63) is 11.8 Å². The van der Waals surface area contributed by atoms with Gasteiger partial charge < -0.3 is 5.11 Å². The molecule has 14 heavy (non-hydrogen) atoms. The van der Waals surface area contributed by atoms with E-state index in [1.165, 1.54) is 0 Å². The van der Waals surface area contributed by atoms with Gasteiger partial charge in [-0.25, -0.2) is 8.78 Å². The van der Waals surface area contributed by atoms with Crippen molar-refractivity contribution in [2.45, 2.75) is 40.0 Å². The number of alkyl halides is 2. The fraction of sp³-hybridized carbons (Fsp3) is 0.700. The van der Waals surface area contributed by atoms with E-state index >= 15 is 0 Å². The van der Waals surface area contributed by atoms with E-state index < -0.39 is 17.6 Å². The minimum absolute atomic E-state index is 0.257. The van der Waals surface area contributed by atoms with E-state index in [0.717, 1.165) is 0 Å². The van der Waals surface area contributed by atoms with Crippen LogP contribution in [0.15, 0.2) is 11.8 Å². The van der Waals surface area contributed by atoms with Crippen LogP contribution in [-0.2, 0) is 4.79 Å². The molecule has 0 spiro atoms. The topological polar surface area (TPSA) is 37.3 Å². The third-order valence-electron chi connectivity index (χ3n) is 2.67. The van der Waals surface area contributed by atoms with Crippen LogP contribution in [0.2, 0.25) is 0 Å². The molecule has 0 aromatic heterocycles. The highest BCUT2D eigenvalue weighted by molar-refractivity contribution is 5.92. The average molecular weight is 206 g/mol. The molecule has 0 bridgehead atoms. The Morgan fingerprint density at radius 3 is 2.14 bits per heavy atom. The third kappa shape index (κ3) is 3.09. The fourth-order valence-corrected chi connectivity index (χ4v) is 0.984. The highest BCUT2D eigenvalue weighted by atomic mass is 19.3. The van der Waals surface area contributed by atoms with Crippen LogP contribution in [0.3, 0.4) is 0 Å². The zero-order valence-electron chi connectivity index (χ0n) is 8.68. The molecular weight excluding hydrogens is 190 g/mol. The van der Waals surface area contributed by atoms with Gasteiger partial charge in [-0.1, -0.05) is 20.8 Å². The molecule has 82 valence electrons. The number of hydrogen-bond acceptors (Lipinski definition) is 2. The zero-order valence-corrected chi connectivity index (χ0v) is 8.68. The highest BCUT2D eigenvalue weighted by Crippen LogP contribution is 2.32. The summed E-state index contributed by atoms with van der Waals surface area (Å²) in [7, 11) is 0. The smallest absolute Gasteiger partial charge is 0.300 e. The predicted molar refractivity (Wildman–Crippen MR) is 50.4 cm³/mol. The van der Waals surface area contributed by atoms with Crippen molar-refractivity contribution < 1.29 is 18.7 Å². The summed E-state index contributed by atoms with van der Waals surface area (Å²) in [5.41, 5.74) is -0.579. The molecule has 0 aliphatic rings. The lowest BCUT2D eigenvalue weighted by atomic mass is 9.82. The lowest BCUT2D eigenvalue weighted by Crippen LogP contribution is -2.19. The molecule has 0 unspecified atom stereocenters. The molecule has 0 aromatic rings. The first-order valence-electron chi connectivity index (χ1n) is 4.60. The van der Waals surface area contributed by atoms with Crippen LogP contribution in [0.25, 0.3) is 0 Å². The van der Waals surface area contributed by atoms with Crippen molar-refractivity contribution in [1.29, 1.82) is 0 Å². The molecule has 0 radical (unpaired) electrons. The monoisotopic (exact) mass is 206 g/mol. The number of halogens is 2. The fourth-order valence-electron chi connectivity index (χ4n) is 0.984. The zero-order chi connectivity index (χ0) is 11.4. The Morgan fingerprint density at radius 1 is 1.43 bits per heavy atom. The van der Waals surface area contributed by atoms with Crippen molar-refractivity contribution in [2.75, 3.05) is 0 Å². The largest absolute Gasteiger partial charge is 0.512 e. The SMILES string of the molecule is CCC(C)(CC)/C(O)=C/C(=O)C(F)F. The molecule has 0 fully saturated rings. The Balaban J connectivity index is 4.74. The number of carbonyl (C=O) groups excluding carboxylic acids is 1. The number of rotatable bonds is 5. The number of hydrogen-bond donors (Lipinski definition) is 1. The maximum absolute atomic E-state index is 11.9. The van der Waals surface area contributed by atoms with Crippen LogP contribution in [-0.4, -0.2) is 17.3 Å². The Morgan fingerprint density at radius 2 is 1.86 bits per heavy atom. The quantitative estimate of drug-likeness (QED) is 0.554. The predicted octanol–water partition coefficient (Wildman–Crippen LogP) is 3.09. The number of carbonyl (C=O) groups is 1. The van der Waals surface area contributed by atoms with Gasteiger partial charge in [0.05, 0.1) is 0 Å². The second-order valence-electron chi connectivity index (χ2n) is 3.50. The molecule has 1 N–H and O–H groups in total. The summed E-state index contributed by atoms with van der Waals surface area (Å²) < 4.78 is 23.8. The first-order chi connectivity index (χ1) is 6.37. The van der Waals surface area contributed by atoms with Crippen molar-refractivity contribution in [1.82, 2.24) is 0 Å². The molecule has 0 atom stereocenters. The van der Waals surface area contributed by atoms with Gasteiger partial charge >= 0.3 is 0 Å². The van der Waals surface area contributed by atoms with E-state index in [2.05, 4.69) is 0 Å². The van der Waals surface area contributed by atoms with Gasteiger partial charge in [0, 0.05) is 11.5 Å². The summed E-state index contributed by atoms with van der Waals surface area (Å²) in [4.78, 5) is 10.6. The molecular formula is C10H16F2O2. The Bertz CT molecular complexity index is 230. The van der Waals surface area contributed by atoms with E-state index in [-0.39, 0.29) is 5.76 Å². The van der Waals surface area contributed by atoms with Crippen LogP contribution < -0.4 is 0 Å². The summed E-state index contributed by atoms with van der Waals surface area (Å²) in [6.45, 7) is 5.40. The molecule has 0 heterocycles. The summed E-state index contributed by atoms with van der Waals surface area (Å²) in [5, 5.41) is 9.49. The number of allylic oxidation sites excluding steroid dienone is 2. The van der Waals surface area contributed by atoms with Gasteiger partial charge in [-0.15, -0.1) is 0 Å². The highest BCUT2D eigenvalue weighted by Gasteiger charge is 2.26. The van der Waals surface area contributed by atoms with Crippen LogP contribution in [0, 0.1) is 5.41 Å². The van der Waals surface area contributed by atoms with Crippen LogP contribution in [0.5, 0.6) is 0 Å². The maximum atomic E-state index is 11.9. The molecule has 0 aliphatic heterocycles. The van der Waals surface area contributed by atoms with Gasteiger partial charge in [0.1, 0.15) is 5.76 Å². The molecule has 0 saturated carbocycles. The van der Waals surface area contributed by atoms with Crippen LogP contribution in [0.4, 0.5) is 8.78 Å². The van der Waals surface area contributed by atoms with Gasteiger partial charge in [-0.3, -0.25) is 4.79 Å². The second kappa shape index (κ2) is 5.08. The molecule has 2 nitrogen and oxygen atoms in total. The first kappa shape index (κ1) is 13.1. The van der Waals surface area contributed by atoms with Crippen molar-refractivity contribution in [3.63, 3.8) is 0 Å². The van der Waals surface area contributed by atoms with Crippen molar-refractivity contribution in [3.8, 4) is 0 Å². The van der Waals surface area contributed by atoms with E-state index in [0.29, 0.717) is 18.9 Å². The normalized spacial score (nSPS) is 13.4. The Kier molecular flexibility index (Phi) is 4.74. The van der Waals surface area contributed by atoms with E-state index in [9.17, 15) is 18.7 Å². The minimum Gasteiger partial charge on any atom is -0.512 e. The lowest BCUT2D eigenvalue weighted by molar-refractivity contribution is -0.124. The Labute approximate surface area is 82.6 Å². The molecule has 0 saturated heterocycles. The summed E-state index contributed by atoms with van der Waals surface area (Å²) in [5.74, 6) is -1.59. The minimum atomic E-state index is -3.05. The van der Waals surface area contributed by atoms with Gasteiger partial charge in [0.2, 0.25) is 5.78 Å². The molecule has 0 aromatic carbocycles. The molecule has 0 rings (SSSR count). The van der Waals surface area contributed by atoms with E-state index in [1.54, 1.807) is 6.92 Å². The lowest BCUT2D eigenvalue weighted by Gasteiger charge is -2.25. The van der Waals surface area contributed by atoms with Gasteiger partial charge in [-0.2, -0.15) is 0 Å². The second-order valence-corrected chi connectivity index (χ2v) is 3.50. The number of aliphatic hydroxyl groups excluding tert-OH is 1. The maximum Gasteiger partial charge on any atom is 0.300 e. The molecule has 0 aliphatic carbocycles. The number of aliphatic hydroxyl groups is 1. The number of ketones is 1. The third-order valence-corrected chi connectivity index (χ3v) is 2.67. The summed E-state index contributed by atoms with van der Waals surface area (Å²) in [6.07, 6.45) is -1.21. The standard InChI is InChI=1S/C10H16F2O2/c1-4-10(3,5-2)8(14)6-7(13)9(11)12/h6,9,14H,4-5H2,1-3H3/b8-6-. The van der Waals surface area contributed by atoms with Gasteiger partial charge in [0.15, 0.2) is 0 Å². The van der Waals surface area contributed by atoms with Gasteiger partial charge in [0.25, 0.3) is 6.43 Å². The van der Waals surface area contributed by atoms with E-state index in [4.69, 9.17) is 0 Å². The van der Waals surface area contributed by atoms with E-state index in [1.807, 2.05) is 13.8 Å². The van der Waals surface area contributed by atoms with Crippen molar-refractivity contribution in [2.24, 2.45) is 5.41 Å². The van der Waals surface area contributed by atoms with Gasteiger partial charge in [-0.05, 0) is 12.8 Å².